The van der Waals surface area contributed by atoms with E-state index in [0.717, 1.165) is 38.9 Å². The van der Waals surface area contributed by atoms with Crippen LogP contribution in [-0.2, 0) is 9.84 Å². The van der Waals surface area contributed by atoms with E-state index in [9.17, 15) is 8.42 Å². The summed E-state index contributed by atoms with van der Waals surface area (Å²) in [6.45, 7) is 2.89. The van der Waals surface area contributed by atoms with Crippen LogP contribution in [0.1, 0.15) is 25.3 Å². The SMILES string of the molecule is CS(=O)(=O)CCCN1CCC(n2cncn2)CC1. The van der Waals surface area contributed by atoms with Crippen molar-refractivity contribution in [3.05, 3.63) is 12.7 Å². The second kappa shape index (κ2) is 5.79. The first-order valence-corrected chi connectivity index (χ1v) is 8.35. The minimum Gasteiger partial charge on any atom is -0.303 e. The smallest absolute Gasteiger partial charge is 0.147 e. The Hall–Kier alpha value is -0.950. The van der Waals surface area contributed by atoms with Crippen LogP contribution >= 0.6 is 0 Å². The topological polar surface area (TPSA) is 68.1 Å². The number of hydrogen-bond acceptors (Lipinski definition) is 5. The molecule has 0 saturated carbocycles. The zero-order chi connectivity index (χ0) is 13.0. The summed E-state index contributed by atoms with van der Waals surface area (Å²) in [6.07, 6.45) is 7.48. The van der Waals surface area contributed by atoms with Gasteiger partial charge in [-0.15, -0.1) is 0 Å². The van der Waals surface area contributed by atoms with Gasteiger partial charge in [0.25, 0.3) is 0 Å². The summed E-state index contributed by atoms with van der Waals surface area (Å²) in [5.74, 6) is 0.288. The lowest BCUT2D eigenvalue weighted by molar-refractivity contribution is 0.180. The summed E-state index contributed by atoms with van der Waals surface area (Å²) in [5, 5.41) is 4.17. The minimum atomic E-state index is -2.82. The molecule has 0 bridgehead atoms. The zero-order valence-corrected chi connectivity index (χ0v) is 11.5. The van der Waals surface area contributed by atoms with Crippen LogP contribution in [0.25, 0.3) is 0 Å². The van der Waals surface area contributed by atoms with E-state index in [2.05, 4.69) is 15.0 Å². The molecule has 0 aliphatic carbocycles. The van der Waals surface area contributed by atoms with Gasteiger partial charge in [-0.25, -0.2) is 18.1 Å². The standard InChI is InChI=1S/C11H20N4O2S/c1-18(16,17)8-2-5-14-6-3-11(4-7-14)15-10-12-9-13-15/h9-11H,2-8H2,1H3. The summed E-state index contributed by atoms with van der Waals surface area (Å²) < 4.78 is 24.0. The molecule has 0 N–H and O–H groups in total. The van der Waals surface area contributed by atoms with E-state index < -0.39 is 9.84 Å². The number of piperidine rings is 1. The lowest BCUT2D eigenvalue weighted by atomic mass is 10.1. The van der Waals surface area contributed by atoms with Gasteiger partial charge in [-0.3, -0.25) is 0 Å². The normalized spacial score (nSPS) is 19.2. The van der Waals surface area contributed by atoms with Gasteiger partial charge in [-0.2, -0.15) is 5.10 Å². The van der Waals surface area contributed by atoms with Crippen molar-refractivity contribution < 1.29 is 8.42 Å². The lowest BCUT2D eigenvalue weighted by Crippen LogP contribution is -2.36. The fourth-order valence-corrected chi connectivity index (χ4v) is 3.02. The molecule has 2 rings (SSSR count). The Kier molecular flexibility index (Phi) is 4.34. The van der Waals surface area contributed by atoms with E-state index >= 15 is 0 Å². The van der Waals surface area contributed by atoms with Crippen LogP contribution in [0.5, 0.6) is 0 Å². The Balaban J connectivity index is 1.71. The third kappa shape index (κ3) is 4.06. The number of aromatic nitrogens is 3. The quantitative estimate of drug-likeness (QED) is 0.773. The number of hydrogen-bond donors (Lipinski definition) is 0. The third-order valence-electron chi connectivity index (χ3n) is 3.36. The number of nitrogens with zero attached hydrogens (tertiary/aromatic N) is 4. The van der Waals surface area contributed by atoms with E-state index in [-0.39, 0.29) is 5.75 Å². The van der Waals surface area contributed by atoms with Gasteiger partial charge in [0.2, 0.25) is 0 Å². The highest BCUT2D eigenvalue weighted by Gasteiger charge is 2.20. The second-order valence-corrected chi connectivity index (χ2v) is 7.19. The van der Waals surface area contributed by atoms with Crippen LogP contribution in [-0.4, -0.2) is 59.7 Å². The van der Waals surface area contributed by atoms with Crippen molar-refractivity contribution in [3.8, 4) is 0 Å². The molecule has 0 atom stereocenters. The average molecular weight is 272 g/mol. The Bertz CT molecular complexity index is 449. The maximum Gasteiger partial charge on any atom is 0.147 e. The first-order valence-electron chi connectivity index (χ1n) is 6.29. The predicted octanol–water partition coefficient (Wildman–Crippen LogP) is 0.350. The molecule has 18 heavy (non-hydrogen) atoms. The summed E-state index contributed by atoms with van der Waals surface area (Å²) in [6, 6.07) is 0.443. The van der Waals surface area contributed by atoms with E-state index in [4.69, 9.17) is 0 Å². The maximum absolute atomic E-state index is 11.0. The van der Waals surface area contributed by atoms with E-state index in [1.54, 1.807) is 12.7 Å². The van der Waals surface area contributed by atoms with Crippen molar-refractivity contribution in [2.24, 2.45) is 0 Å². The number of rotatable bonds is 5. The summed E-state index contributed by atoms with van der Waals surface area (Å²) in [5.41, 5.74) is 0. The summed E-state index contributed by atoms with van der Waals surface area (Å²) >= 11 is 0. The number of sulfone groups is 1. The van der Waals surface area contributed by atoms with E-state index in [1.165, 1.54) is 6.26 Å². The van der Waals surface area contributed by atoms with Crippen molar-refractivity contribution in [2.45, 2.75) is 25.3 Å². The molecule has 0 aromatic carbocycles. The molecule has 1 aliphatic rings. The third-order valence-corrected chi connectivity index (χ3v) is 4.39. The zero-order valence-electron chi connectivity index (χ0n) is 10.7. The molecule has 1 fully saturated rings. The Morgan fingerprint density at radius 1 is 1.33 bits per heavy atom. The first-order chi connectivity index (χ1) is 8.54. The van der Waals surface area contributed by atoms with Gasteiger partial charge in [0.1, 0.15) is 22.5 Å². The highest BCUT2D eigenvalue weighted by atomic mass is 32.2. The molecular formula is C11H20N4O2S. The molecule has 7 heteroatoms. The monoisotopic (exact) mass is 272 g/mol. The molecule has 1 aliphatic heterocycles. The number of likely N-dealkylation sites (tertiary alicyclic amines) is 1. The van der Waals surface area contributed by atoms with Crippen molar-refractivity contribution in [1.29, 1.82) is 0 Å². The molecule has 0 radical (unpaired) electrons. The van der Waals surface area contributed by atoms with Crippen molar-refractivity contribution in [1.82, 2.24) is 19.7 Å². The van der Waals surface area contributed by atoms with E-state index in [1.807, 2.05) is 4.68 Å². The van der Waals surface area contributed by atoms with Gasteiger partial charge < -0.3 is 4.90 Å². The molecule has 1 saturated heterocycles. The highest BCUT2D eigenvalue weighted by molar-refractivity contribution is 7.90. The van der Waals surface area contributed by atoms with Crippen molar-refractivity contribution in [3.63, 3.8) is 0 Å². The first kappa shape index (κ1) is 13.5. The Morgan fingerprint density at radius 3 is 2.61 bits per heavy atom. The largest absolute Gasteiger partial charge is 0.303 e. The fourth-order valence-electron chi connectivity index (χ4n) is 2.36. The molecule has 0 unspecified atom stereocenters. The molecule has 1 aromatic heterocycles. The van der Waals surface area contributed by atoms with Gasteiger partial charge in [-0.1, -0.05) is 0 Å². The van der Waals surface area contributed by atoms with Crippen LogP contribution < -0.4 is 0 Å². The second-order valence-electron chi connectivity index (χ2n) is 4.93. The van der Waals surface area contributed by atoms with Gasteiger partial charge in [0.15, 0.2) is 0 Å². The van der Waals surface area contributed by atoms with Crippen LogP contribution in [0.3, 0.4) is 0 Å². The van der Waals surface area contributed by atoms with E-state index in [0.29, 0.717) is 6.04 Å². The summed E-state index contributed by atoms with van der Waals surface area (Å²) in [7, 11) is -2.82. The molecule has 0 amide bonds. The molecule has 102 valence electrons. The average Bonchev–Trinajstić information content (AvgIpc) is 2.82. The summed E-state index contributed by atoms with van der Waals surface area (Å²) in [4.78, 5) is 6.30. The van der Waals surface area contributed by atoms with Gasteiger partial charge in [0, 0.05) is 19.3 Å². The van der Waals surface area contributed by atoms with Crippen LogP contribution in [0.15, 0.2) is 12.7 Å². The van der Waals surface area contributed by atoms with Gasteiger partial charge in [-0.05, 0) is 25.8 Å². The predicted molar refractivity (Wildman–Crippen MR) is 69.1 cm³/mol. The maximum atomic E-state index is 11.0. The minimum absolute atomic E-state index is 0.288. The fraction of sp³-hybridized carbons (Fsp3) is 0.818. The highest BCUT2D eigenvalue weighted by Crippen LogP contribution is 2.20. The molecule has 1 aromatic rings. The van der Waals surface area contributed by atoms with Crippen molar-refractivity contribution >= 4 is 9.84 Å². The van der Waals surface area contributed by atoms with Crippen LogP contribution in [0, 0.1) is 0 Å². The Morgan fingerprint density at radius 2 is 2.06 bits per heavy atom. The Labute approximate surface area is 108 Å². The molecule has 2 heterocycles. The molecular weight excluding hydrogens is 252 g/mol. The van der Waals surface area contributed by atoms with Crippen molar-refractivity contribution in [2.75, 3.05) is 31.6 Å². The molecule has 0 spiro atoms. The van der Waals surface area contributed by atoms with Crippen LogP contribution in [0.2, 0.25) is 0 Å². The van der Waals surface area contributed by atoms with Gasteiger partial charge in [0.05, 0.1) is 11.8 Å². The molecule has 6 nitrogen and oxygen atoms in total. The van der Waals surface area contributed by atoms with Crippen LogP contribution in [0.4, 0.5) is 0 Å². The lowest BCUT2D eigenvalue weighted by Gasteiger charge is -2.31. The van der Waals surface area contributed by atoms with Gasteiger partial charge >= 0.3 is 0 Å².